The van der Waals surface area contributed by atoms with E-state index in [-0.39, 0.29) is 29.0 Å². The monoisotopic (exact) mass is 434 g/mol. The molecule has 164 valence electrons. The molecule has 0 radical (unpaired) electrons. The highest BCUT2D eigenvalue weighted by Crippen LogP contribution is 2.39. The lowest BCUT2D eigenvalue weighted by Crippen LogP contribution is -2.56. The number of nitrogens with zero attached hydrogens (tertiary/aromatic N) is 5. The van der Waals surface area contributed by atoms with Crippen molar-refractivity contribution >= 4 is 22.9 Å². The maximum atomic E-state index is 13.6. The van der Waals surface area contributed by atoms with Crippen LogP contribution < -0.4 is 10.6 Å². The Morgan fingerprint density at radius 2 is 1.97 bits per heavy atom. The Balaban J connectivity index is 1.90. The minimum atomic E-state index is -4.65. The zero-order valence-corrected chi connectivity index (χ0v) is 17.4. The number of pyridine rings is 1. The summed E-state index contributed by atoms with van der Waals surface area (Å²) >= 11 is 0. The molecule has 0 saturated carbocycles. The molecule has 1 unspecified atom stereocenters. The van der Waals surface area contributed by atoms with Gasteiger partial charge in [0, 0.05) is 11.8 Å². The van der Waals surface area contributed by atoms with E-state index in [1.807, 2.05) is 6.92 Å². The maximum absolute atomic E-state index is 13.6. The molecule has 1 aliphatic heterocycles. The number of aromatic nitrogens is 4. The van der Waals surface area contributed by atoms with Crippen molar-refractivity contribution < 1.29 is 22.7 Å². The number of hydrogen-bond acceptors (Lipinski definition) is 6. The summed E-state index contributed by atoms with van der Waals surface area (Å²) in [5, 5.41) is 3.96. The van der Waals surface area contributed by atoms with Crippen molar-refractivity contribution in [1.82, 2.24) is 19.6 Å². The van der Waals surface area contributed by atoms with Crippen molar-refractivity contribution in [3.63, 3.8) is 0 Å². The van der Waals surface area contributed by atoms with Gasteiger partial charge in [0.25, 0.3) is 5.91 Å². The lowest BCUT2D eigenvalue weighted by atomic mass is 10.0. The van der Waals surface area contributed by atoms with Gasteiger partial charge in [-0.15, -0.1) is 0 Å². The van der Waals surface area contributed by atoms with Crippen LogP contribution in [0.15, 0.2) is 24.7 Å². The fraction of sp³-hybridized carbons (Fsp3) is 0.400. The van der Waals surface area contributed by atoms with Crippen LogP contribution >= 0.6 is 0 Å². The number of morpholine rings is 1. The van der Waals surface area contributed by atoms with E-state index >= 15 is 0 Å². The topological polar surface area (TPSA) is 98.6 Å². The highest BCUT2D eigenvalue weighted by molar-refractivity contribution is 6.00. The normalized spacial score (nSPS) is 19.3. The van der Waals surface area contributed by atoms with Crippen LogP contribution in [0.2, 0.25) is 0 Å². The zero-order chi connectivity index (χ0) is 22.7. The number of hydrogen-bond donors (Lipinski definition) is 1. The number of anilines is 2. The van der Waals surface area contributed by atoms with E-state index in [0.29, 0.717) is 23.5 Å². The SMILES string of the molecule is Cc1ncc(-c2cc(C(F)(F)F)c3c(N)ncnn23)cc1N1CC(C)OC(C)(C)C1=O. The standard InChI is InChI=1S/C20H21F3N6O2/c1-10-8-28(18(30)19(3,4)31-10)14-5-12(7-25-11(14)2)15-6-13(20(21,22)23)16-17(24)26-9-27-29(15)16/h5-7,9-10H,8H2,1-4H3,(H2,24,26,27). The molecule has 3 aromatic heterocycles. The second-order valence-corrected chi connectivity index (χ2v) is 8.03. The van der Waals surface area contributed by atoms with Gasteiger partial charge >= 0.3 is 6.18 Å². The molecule has 11 heteroatoms. The number of aryl methyl sites for hydroxylation is 1. The Kier molecular flexibility index (Phi) is 4.69. The summed E-state index contributed by atoms with van der Waals surface area (Å²) in [6.45, 7) is 7.24. The predicted octanol–water partition coefficient (Wildman–Crippen LogP) is 3.23. The fourth-order valence-corrected chi connectivity index (χ4v) is 3.89. The summed E-state index contributed by atoms with van der Waals surface area (Å²) < 4.78 is 47.7. The fourth-order valence-electron chi connectivity index (χ4n) is 3.89. The van der Waals surface area contributed by atoms with Crippen LogP contribution in [0.1, 0.15) is 32.0 Å². The van der Waals surface area contributed by atoms with Gasteiger partial charge in [0.1, 0.15) is 17.4 Å². The van der Waals surface area contributed by atoms with Crippen molar-refractivity contribution in [2.75, 3.05) is 17.2 Å². The molecule has 31 heavy (non-hydrogen) atoms. The van der Waals surface area contributed by atoms with Crippen molar-refractivity contribution in [3.8, 4) is 11.3 Å². The average Bonchev–Trinajstić information content (AvgIpc) is 3.06. The number of halogens is 3. The number of carbonyl (C=O) groups excluding carboxylic acids is 1. The van der Waals surface area contributed by atoms with Gasteiger partial charge in [0.15, 0.2) is 5.82 Å². The number of fused-ring (bicyclic) bond motifs is 1. The molecule has 0 aliphatic carbocycles. The molecule has 1 aliphatic rings. The Hall–Kier alpha value is -3.21. The minimum Gasteiger partial charge on any atom is -0.382 e. The van der Waals surface area contributed by atoms with Crippen LogP contribution in [-0.2, 0) is 15.7 Å². The van der Waals surface area contributed by atoms with E-state index in [0.717, 1.165) is 16.9 Å². The third kappa shape index (κ3) is 3.48. The van der Waals surface area contributed by atoms with Gasteiger partial charge in [-0.25, -0.2) is 9.50 Å². The van der Waals surface area contributed by atoms with Crippen LogP contribution in [0.3, 0.4) is 0 Å². The highest BCUT2D eigenvalue weighted by atomic mass is 19.4. The number of ether oxygens (including phenoxy) is 1. The minimum absolute atomic E-state index is 0.137. The lowest BCUT2D eigenvalue weighted by molar-refractivity contribution is -0.153. The summed E-state index contributed by atoms with van der Waals surface area (Å²) in [7, 11) is 0. The number of alkyl halides is 3. The second kappa shape index (κ2) is 6.91. The highest BCUT2D eigenvalue weighted by Gasteiger charge is 2.41. The lowest BCUT2D eigenvalue weighted by Gasteiger charge is -2.41. The number of rotatable bonds is 2. The summed E-state index contributed by atoms with van der Waals surface area (Å²) in [6, 6.07) is 2.60. The molecular weight excluding hydrogens is 413 g/mol. The van der Waals surface area contributed by atoms with E-state index in [1.165, 1.54) is 6.20 Å². The summed E-state index contributed by atoms with van der Waals surface area (Å²) in [5.41, 5.74) is 4.97. The molecule has 1 atom stereocenters. The number of amides is 1. The van der Waals surface area contributed by atoms with Gasteiger partial charge in [-0.05, 0) is 39.8 Å². The molecular formula is C20H21F3N6O2. The summed E-state index contributed by atoms with van der Waals surface area (Å²) in [5.74, 6) is -0.539. The van der Waals surface area contributed by atoms with Crippen LogP contribution in [0.5, 0.6) is 0 Å². The Labute approximate surface area is 175 Å². The van der Waals surface area contributed by atoms with E-state index < -0.39 is 17.3 Å². The molecule has 1 amide bonds. The molecule has 3 aromatic rings. The Morgan fingerprint density at radius 3 is 2.65 bits per heavy atom. The first-order chi connectivity index (χ1) is 14.4. The van der Waals surface area contributed by atoms with Crippen LogP contribution in [0.4, 0.5) is 24.7 Å². The number of nitrogens with two attached hydrogens (primary N) is 1. The third-order valence-corrected chi connectivity index (χ3v) is 5.23. The largest absolute Gasteiger partial charge is 0.418 e. The van der Waals surface area contributed by atoms with Gasteiger partial charge in [0.2, 0.25) is 0 Å². The van der Waals surface area contributed by atoms with Gasteiger partial charge in [-0.3, -0.25) is 9.78 Å². The van der Waals surface area contributed by atoms with Gasteiger partial charge in [0.05, 0.1) is 35.3 Å². The van der Waals surface area contributed by atoms with E-state index in [2.05, 4.69) is 15.1 Å². The van der Waals surface area contributed by atoms with E-state index in [1.54, 1.807) is 31.7 Å². The molecule has 8 nitrogen and oxygen atoms in total. The van der Waals surface area contributed by atoms with Gasteiger partial charge in [-0.1, -0.05) is 0 Å². The van der Waals surface area contributed by atoms with Crippen LogP contribution in [0.25, 0.3) is 16.8 Å². The predicted molar refractivity (Wildman–Crippen MR) is 107 cm³/mol. The quantitative estimate of drug-likeness (QED) is 0.665. The first-order valence-electron chi connectivity index (χ1n) is 9.56. The molecule has 1 saturated heterocycles. The molecule has 0 spiro atoms. The second-order valence-electron chi connectivity index (χ2n) is 8.03. The van der Waals surface area contributed by atoms with Crippen molar-refractivity contribution in [2.45, 2.75) is 45.6 Å². The first-order valence-corrected chi connectivity index (χ1v) is 9.56. The smallest absolute Gasteiger partial charge is 0.382 e. The van der Waals surface area contributed by atoms with Crippen molar-refractivity contribution in [2.24, 2.45) is 0 Å². The molecule has 2 N–H and O–H groups in total. The average molecular weight is 434 g/mol. The molecule has 1 fully saturated rings. The zero-order valence-electron chi connectivity index (χ0n) is 17.4. The Bertz CT molecular complexity index is 1190. The Morgan fingerprint density at radius 1 is 1.26 bits per heavy atom. The van der Waals surface area contributed by atoms with Crippen LogP contribution in [-0.4, -0.2) is 43.7 Å². The molecule has 4 heterocycles. The third-order valence-electron chi connectivity index (χ3n) is 5.23. The maximum Gasteiger partial charge on any atom is 0.418 e. The van der Waals surface area contributed by atoms with Crippen LogP contribution in [0, 0.1) is 6.92 Å². The van der Waals surface area contributed by atoms with Gasteiger partial charge < -0.3 is 15.4 Å². The van der Waals surface area contributed by atoms with Gasteiger partial charge in [-0.2, -0.15) is 18.3 Å². The first kappa shape index (κ1) is 21.0. The van der Waals surface area contributed by atoms with E-state index in [4.69, 9.17) is 10.5 Å². The number of carbonyl (C=O) groups is 1. The molecule has 4 rings (SSSR count). The molecule has 0 bridgehead atoms. The van der Waals surface area contributed by atoms with Crippen molar-refractivity contribution in [3.05, 3.63) is 35.9 Å². The van der Waals surface area contributed by atoms with Crippen molar-refractivity contribution in [1.29, 1.82) is 0 Å². The number of nitrogen functional groups attached to an aromatic ring is 1. The summed E-state index contributed by atoms with van der Waals surface area (Å²) in [4.78, 5) is 22.6. The van der Waals surface area contributed by atoms with E-state index in [9.17, 15) is 18.0 Å². The summed E-state index contributed by atoms with van der Waals surface area (Å²) in [6.07, 6.45) is -2.35. The molecule has 0 aromatic carbocycles.